The Morgan fingerprint density at radius 3 is 2.50 bits per heavy atom. The van der Waals surface area contributed by atoms with E-state index >= 15 is 0 Å². The third-order valence-corrected chi connectivity index (χ3v) is 3.42. The molecule has 0 atom stereocenters. The van der Waals surface area contributed by atoms with Gasteiger partial charge in [0.25, 0.3) is 0 Å². The number of nitrogen functional groups attached to an aromatic ring is 1. The van der Waals surface area contributed by atoms with Gasteiger partial charge in [-0.15, -0.1) is 0 Å². The molecule has 0 unspecified atom stereocenters. The van der Waals surface area contributed by atoms with Crippen molar-refractivity contribution in [1.82, 2.24) is 0 Å². The number of hydrogen-bond acceptors (Lipinski definition) is 3. The number of rotatable bonds is 4. The molecule has 0 amide bonds. The van der Waals surface area contributed by atoms with Crippen LogP contribution in [0.15, 0.2) is 40.9 Å². The van der Waals surface area contributed by atoms with E-state index in [1.807, 2.05) is 31.2 Å². The highest BCUT2D eigenvalue weighted by atomic mass is 79.9. The molecule has 0 aliphatic rings. The molecule has 0 fully saturated rings. The number of aryl methyl sites for hydroxylation is 1. The molecule has 0 heterocycles. The fraction of sp³-hybridized carbons (Fsp3) is 0.188. The van der Waals surface area contributed by atoms with Crippen LogP contribution in [0.5, 0.6) is 5.75 Å². The maximum absolute atomic E-state index is 11.7. The predicted molar refractivity (Wildman–Crippen MR) is 84.1 cm³/mol. The Bertz CT molecular complexity index is 636. The first-order chi connectivity index (χ1) is 9.47. The van der Waals surface area contributed by atoms with Gasteiger partial charge in [-0.1, -0.05) is 45.8 Å². The molecule has 2 aromatic rings. The minimum absolute atomic E-state index is 0.0723. The van der Waals surface area contributed by atoms with Crippen LogP contribution in [0, 0.1) is 6.92 Å². The van der Waals surface area contributed by atoms with Gasteiger partial charge in [-0.3, -0.25) is 4.79 Å². The van der Waals surface area contributed by atoms with E-state index in [9.17, 15) is 4.79 Å². The summed E-state index contributed by atoms with van der Waals surface area (Å²) in [4.78, 5) is 11.7. The molecule has 0 spiro atoms. The zero-order valence-corrected chi connectivity index (χ0v) is 13.0. The van der Waals surface area contributed by atoms with Crippen molar-refractivity contribution in [2.45, 2.75) is 20.5 Å². The number of anilines is 1. The third-order valence-electron chi connectivity index (χ3n) is 2.97. The first-order valence-electron chi connectivity index (χ1n) is 6.25. The summed E-state index contributed by atoms with van der Waals surface area (Å²) in [5.41, 5.74) is 9.12. The zero-order chi connectivity index (χ0) is 14.7. The molecule has 104 valence electrons. The van der Waals surface area contributed by atoms with E-state index in [2.05, 4.69) is 15.9 Å². The second kappa shape index (κ2) is 6.09. The van der Waals surface area contributed by atoms with Gasteiger partial charge in [0.05, 0.1) is 11.3 Å². The van der Waals surface area contributed by atoms with E-state index in [-0.39, 0.29) is 5.78 Å². The quantitative estimate of drug-likeness (QED) is 0.676. The Morgan fingerprint density at radius 1 is 1.25 bits per heavy atom. The van der Waals surface area contributed by atoms with Crippen molar-refractivity contribution in [2.75, 3.05) is 5.73 Å². The third kappa shape index (κ3) is 3.39. The number of nitrogens with two attached hydrogens (primary N) is 1. The number of carbonyl (C=O) groups is 1. The molecule has 4 heteroatoms. The Kier molecular flexibility index (Phi) is 4.45. The number of halogens is 1. The molecular formula is C16H16BrNO2. The van der Waals surface area contributed by atoms with E-state index < -0.39 is 0 Å². The van der Waals surface area contributed by atoms with Crippen LogP contribution in [0.4, 0.5) is 5.69 Å². The van der Waals surface area contributed by atoms with Crippen molar-refractivity contribution >= 4 is 27.4 Å². The van der Waals surface area contributed by atoms with Gasteiger partial charge < -0.3 is 10.5 Å². The summed E-state index contributed by atoms with van der Waals surface area (Å²) in [5, 5.41) is 0. The number of ketones is 1. The lowest BCUT2D eigenvalue weighted by atomic mass is 10.1. The van der Waals surface area contributed by atoms with Gasteiger partial charge in [0.15, 0.2) is 11.5 Å². The Hall–Kier alpha value is -1.81. The minimum atomic E-state index is -0.0723. The fourth-order valence-electron chi connectivity index (χ4n) is 1.88. The normalized spacial score (nSPS) is 10.3. The van der Waals surface area contributed by atoms with Gasteiger partial charge in [-0.25, -0.2) is 0 Å². The van der Waals surface area contributed by atoms with E-state index in [4.69, 9.17) is 10.5 Å². The molecule has 0 saturated carbocycles. The van der Waals surface area contributed by atoms with E-state index in [1.54, 1.807) is 12.1 Å². The predicted octanol–water partition coefficient (Wildman–Crippen LogP) is 4.12. The molecule has 0 aliphatic heterocycles. The highest BCUT2D eigenvalue weighted by molar-refractivity contribution is 9.10. The van der Waals surface area contributed by atoms with Crippen LogP contribution in [0.1, 0.15) is 28.4 Å². The number of ether oxygens (including phenoxy) is 1. The first kappa shape index (κ1) is 14.6. The van der Waals surface area contributed by atoms with Gasteiger partial charge in [-0.05, 0) is 31.5 Å². The summed E-state index contributed by atoms with van der Waals surface area (Å²) in [6.07, 6.45) is 0. The van der Waals surface area contributed by atoms with Crippen molar-refractivity contribution in [1.29, 1.82) is 0 Å². The van der Waals surface area contributed by atoms with E-state index in [0.29, 0.717) is 23.6 Å². The molecule has 0 saturated heterocycles. The van der Waals surface area contributed by atoms with Crippen molar-refractivity contribution in [3.05, 3.63) is 57.6 Å². The minimum Gasteiger partial charge on any atom is -0.486 e. The molecule has 2 rings (SSSR count). The second-order valence-electron chi connectivity index (χ2n) is 4.70. The molecule has 2 N–H and O–H groups in total. The summed E-state index contributed by atoms with van der Waals surface area (Å²) < 4.78 is 6.51. The summed E-state index contributed by atoms with van der Waals surface area (Å²) in [5.74, 6) is 0.373. The van der Waals surface area contributed by atoms with E-state index in [0.717, 1.165) is 10.0 Å². The van der Waals surface area contributed by atoms with E-state index in [1.165, 1.54) is 12.5 Å². The van der Waals surface area contributed by atoms with Gasteiger partial charge in [0.1, 0.15) is 6.61 Å². The maximum atomic E-state index is 11.7. The number of hydrogen-bond donors (Lipinski definition) is 1. The van der Waals surface area contributed by atoms with Gasteiger partial charge in [0.2, 0.25) is 0 Å². The molecule has 0 aromatic heterocycles. The van der Waals surface area contributed by atoms with Gasteiger partial charge in [-0.2, -0.15) is 0 Å². The summed E-state index contributed by atoms with van der Waals surface area (Å²) in [7, 11) is 0. The monoisotopic (exact) mass is 333 g/mol. The Balaban J connectivity index is 2.24. The molecule has 0 aliphatic carbocycles. The SMILES string of the molecule is CC(=O)c1cc(Br)cc(N)c1OCc1ccc(C)cc1. The number of carbonyl (C=O) groups excluding carboxylic acids is 1. The van der Waals surface area contributed by atoms with Crippen LogP contribution in [-0.2, 0) is 6.61 Å². The van der Waals surface area contributed by atoms with Crippen LogP contribution in [0.25, 0.3) is 0 Å². The highest BCUT2D eigenvalue weighted by Crippen LogP contribution is 2.31. The van der Waals surface area contributed by atoms with Crippen LogP contribution < -0.4 is 10.5 Å². The summed E-state index contributed by atoms with van der Waals surface area (Å²) in [6, 6.07) is 11.5. The van der Waals surface area contributed by atoms with Crippen molar-refractivity contribution in [3.8, 4) is 5.75 Å². The molecule has 0 radical (unpaired) electrons. The highest BCUT2D eigenvalue weighted by Gasteiger charge is 2.13. The van der Waals surface area contributed by atoms with Gasteiger partial charge >= 0.3 is 0 Å². The second-order valence-corrected chi connectivity index (χ2v) is 5.62. The zero-order valence-electron chi connectivity index (χ0n) is 11.4. The number of Topliss-reactive ketones (excluding diaryl/α,β-unsaturated/α-hetero) is 1. The maximum Gasteiger partial charge on any atom is 0.163 e. The van der Waals surface area contributed by atoms with Crippen LogP contribution in [0.3, 0.4) is 0 Å². The first-order valence-corrected chi connectivity index (χ1v) is 7.05. The molecule has 2 aromatic carbocycles. The van der Waals surface area contributed by atoms with Crippen molar-refractivity contribution in [3.63, 3.8) is 0 Å². The lowest BCUT2D eigenvalue weighted by Gasteiger charge is -2.13. The molecule has 3 nitrogen and oxygen atoms in total. The van der Waals surface area contributed by atoms with Gasteiger partial charge in [0, 0.05) is 4.47 Å². The Labute approximate surface area is 126 Å². The summed E-state index contributed by atoms with van der Waals surface area (Å²) >= 11 is 3.33. The molecular weight excluding hydrogens is 318 g/mol. The smallest absolute Gasteiger partial charge is 0.163 e. The standard InChI is InChI=1S/C16H16BrNO2/c1-10-3-5-12(6-4-10)9-20-16-14(11(2)19)7-13(17)8-15(16)18/h3-8H,9,18H2,1-2H3. The summed E-state index contributed by atoms with van der Waals surface area (Å²) in [6.45, 7) is 3.91. The molecule has 20 heavy (non-hydrogen) atoms. The average Bonchev–Trinajstić information content (AvgIpc) is 2.38. The van der Waals surface area contributed by atoms with Crippen molar-refractivity contribution < 1.29 is 9.53 Å². The van der Waals surface area contributed by atoms with Crippen molar-refractivity contribution in [2.24, 2.45) is 0 Å². The lowest BCUT2D eigenvalue weighted by molar-refractivity contribution is 0.101. The van der Waals surface area contributed by atoms with Crippen LogP contribution in [-0.4, -0.2) is 5.78 Å². The van der Waals surface area contributed by atoms with Crippen LogP contribution >= 0.6 is 15.9 Å². The fourth-order valence-corrected chi connectivity index (χ4v) is 2.35. The average molecular weight is 334 g/mol. The number of benzene rings is 2. The molecule has 0 bridgehead atoms. The largest absolute Gasteiger partial charge is 0.486 e. The Morgan fingerprint density at radius 2 is 1.90 bits per heavy atom. The lowest BCUT2D eigenvalue weighted by Crippen LogP contribution is -2.05. The van der Waals surface area contributed by atoms with Crippen LogP contribution in [0.2, 0.25) is 0 Å². The topological polar surface area (TPSA) is 52.3 Å².